The molecule has 2 rings (SSSR count). The van der Waals surface area contributed by atoms with Crippen LogP contribution in [0.4, 0.5) is 5.69 Å². The highest BCUT2D eigenvalue weighted by Gasteiger charge is 2.17. The summed E-state index contributed by atoms with van der Waals surface area (Å²) in [5, 5.41) is 4.11. The number of rotatable bonds is 6. The first kappa shape index (κ1) is 19.6. The highest BCUT2D eigenvalue weighted by molar-refractivity contribution is 6.44. The van der Waals surface area contributed by atoms with Crippen LogP contribution in [0.2, 0.25) is 15.1 Å². The maximum absolute atomic E-state index is 12.1. The van der Waals surface area contributed by atoms with Crippen LogP contribution in [0.3, 0.4) is 0 Å². The molecule has 2 aromatic carbocycles. The van der Waals surface area contributed by atoms with Crippen LogP contribution >= 0.6 is 34.8 Å². The standard InChI is InChI=1S/C18H17Cl3N2O2/c1-12(24)23(16-4-2-3-15(20)18(16)21)10-9-17(25)22-11-13-5-7-14(19)8-6-13/h2-8H,9-11H2,1H3,(H,22,25). The fourth-order valence-corrected chi connectivity index (χ4v) is 2.78. The number of anilines is 1. The number of nitrogens with one attached hydrogen (secondary N) is 1. The predicted molar refractivity (Wildman–Crippen MR) is 102 cm³/mol. The van der Waals surface area contributed by atoms with E-state index < -0.39 is 0 Å². The van der Waals surface area contributed by atoms with Crippen molar-refractivity contribution >= 4 is 52.3 Å². The lowest BCUT2D eigenvalue weighted by molar-refractivity contribution is -0.121. The summed E-state index contributed by atoms with van der Waals surface area (Å²) in [4.78, 5) is 25.4. The first-order valence-electron chi connectivity index (χ1n) is 7.61. The zero-order valence-electron chi connectivity index (χ0n) is 13.6. The summed E-state index contributed by atoms with van der Waals surface area (Å²) < 4.78 is 0. The molecule has 0 saturated heterocycles. The van der Waals surface area contributed by atoms with Crippen LogP contribution in [-0.4, -0.2) is 18.4 Å². The van der Waals surface area contributed by atoms with Gasteiger partial charge in [0, 0.05) is 31.5 Å². The van der Waals surface area contributed by atoms with E-state index in [9.17, 15) is 9.59 Å². The molecule has 2 amide bonds. The number of benzene rings is 2. The Kier molecular flexibility index (Phi) is 7.12. The summed E-state index contributed by atoms with van der Waals surface area (Å²) in [6, 6.07) is 12.3. The molecule has 0 saturated carbocycles. The molecule has 132 valence electrons. The van der Waals surface area contributed by atoms with E-state index in [1.54, 1.807) is 30.3 Å². The summed E-state index contributed by atoms with van der Waals surface area (Å²) in [7, 11) is 0. The molecule has 0 heterocycles. The normalized spacial score (nSPS) is 10.4. The van der Waals surface area contributed by atoms with Gasteiger partial charge in [-0.1, -0.05) is 53.0 Å². The molecule has 0 aliphatic heterocycles. The van der Waals surface area contributed by atoms with Crippen molar-refractivity contribution < 1.29 is 9.59 Å². The minimum atomic E-state index is -0.213. The molecule has 0 aromatic heterocycles. The zero-order valence-corrected chi connectivity index (χ0v) is 15.8. The van der Waals surface area contributed by atoms with Gasteiger partial charge in [-0.3, -0.25) is 9.59 Å². The molecule has 0 radical (unpaired) electrons. The Morgan fingerprint density at radius 2 is 1.72 bits per heavy atom. The van der Waals surface area contributed by atoms with E-state index in [0.29, 0.717) is 27.3 Å². The fourth-order valence-electron chi connectivity index (χ4n) is 2.25. The molecule has 0 spiro atoms. The fraction of sp³-hybridized carbons (Fsp3) is 0.222. The number of hydrogen-bond acceptors (Lipinski definition) is 2. The van der Waals surface area contributed by atoms with Crippen molar-refractivity contribution in [1.29, 1.82) is 0 Å². The zero-order chi connectivity index (χ0) is 18.4. The summed E-state index contributed by atoms with van der Waals surface area (Å²) in [6.07, 6.45) is 0.149. The molecule has 0 aliphatic rings. The predicted octanol–water partition coefficient (Wildman–Crippen LogP) is 4.71. The molecule has 0 aliphatic carbocycles. The van der Waals surface area contributed by atoms with E-state index in [4.69, 9.17) is 34.8 Å². The van der Waals surface area contributed by atoms with Gasteiger partial charge in [-0.05, 0) is 29.8 Å². The summed E-state index contributed by atoms with van der Waals surface area (Å²) in [6.45, 7) is 2.03. The lowest BCUT2D eigenvalue weighted by Crippen LogP contribution is -2.34. The van der Waals surface area contributed by atoms with Crippen LogP contribution in [0.1, 0.15) is 18.9 Å². The Balaban J connectivity index is 1.94. The van der Waals surface area contributed by atoms with Gasteiger partial charge in [0.15, 0.2) is 0 Å². The van der Waals surface area contributed by atoms with Gasteiger partial charge in [0.1, 0.15) is 0 Å². The van der Waals surface area contributed by atoms with Crippen molar-refractivity contribution in [1.82, 2.24) is 5.32 Å². The van der Waals surface area contributed by atoms with E-state index >= 15 is 0 Å². The van der Waals surface area contributed by atoms with Crippen LogP contribution < -0.4 is 10.2 Å². The third-order valence-corrected chi connectivity index (χ3v) is 4.63. The highest BCUT2D eigenvalue weighted by Crippen LogP contribution is 2.32. The Bertz CT molecular complexity index is 763. The second-order valence-electron chi connectivity index (χ2n) is 5.40. The first-order chi connectivity index (χ1) is 11.9. The Labute approximate surface area is 161 Å². The van der Waals surface area contributed by atoms with Gasteiger partial charge in [0.05, 0.1) is 15.7 Å². The molecule has 2 aromatic rings. The molecule has 0 fully saturated rings. The van der Waals surface area contributed by atoms with Crippen LogP contribution in [0.15, 0.2) is 42.5 Å². The number of carbonyl (C=O) groups excluding carboxylic acids is 2. The van der Waals surface area contributed by atoms with Crippen molar-refractivity contribution in [3.8, 4) is 0 Å². The van der Waals surface area contributed by atoms with Crippen molar-refractivity contribution in [3.63, 3.8) is 0 Å². The van der Waals surface area contributed by atoms with E-state index in [1.807, 2.05) is 12.1 Å². The van der Waals surface area contributed by atoms with Gasteiger partial charge in [-0.2, -0.15) is 0 Å². The average molecular weight is 400 g/mol. The largest absolute Gasteiger partial charge is 0.352 e. The molecule has 1 N–H and O–H groups in total. The van der Waals surface area contributed by atoms with E-state index in [1.165, 1.54) is 11.8 Å². The van der Waals surface area contributed by atoms with Crippen LogP contribution in [0.25, 0.3) is 0 Å². The molecule has 4 nitrogen and oxygen atoms in total. The van der Waals surface area contributed by atoms with Crippen LogP contribution in [0.5, 0.6) is 0 Å². The topological polar surface area (TPSA) is 49.4 Å². The third-order valence-electron chi connectivity index (χ3n) is 3.57. The third kappa shape index (κ3) is 5.63. The highest BCUT2D eigenvalue weighted by atomic mass is 35.5. The summed E-state index contributed by atoms with van der Waals surface area (Å²) in [5.74, 6) is -0.381. The van der Waals surface area contributed by atoms with E-state index in [0.717, 1.165) is 5.56 Å². The van der Waals surface area contributed by atoms with Gasteiger partial charge >= 0.3 is 0 Å². The maximum atomic E-state index is 12.1. The second kappa shape index (κ2) is 9.09. The minimum Gasteiger partial charge on any atom is -0.352 e. The molecule has 7 heteroatoms. The molecular formula is C18H17Cl3N2O2. The second-order valence-corrected chi connectivity index (χ2v) is 6.62. The lowest BCUT2D eigenvalue weighted by atomic mass is 10.2. The maximum Gasteiger partial charge on any atom is 0.223 e. The average Bonchev–Trinajstić information content (AvgIpc) is 2.58. The number of amides is 2. The van der Waals surface area contributed by atoms with Crippen molar-refractivity contribution in [2.24, 2.45) is 0 Å². The SMILES string of the molecule is CC(=O)N(CCC(=O)NCc1ccc(Cl)cc1)c1cccc(Cl)c1Cl. The number of nitrogens with zero attached hydrogens (tertiary/aromatic N) is 1. The number of carbonyl (C=O) groups is 2. The summed E-state index contributed by atoms with van der Waals surface area (Å²) in [5.41, 5.74) is 1.44. The Morgan fingerprint density at radius 3 is 2.36 bits per heavy atom. The van der Waals surface area contributed by atoms with Gasteiger partial charge in [-0.15, -0.1) is 0 Å². The van der Waals surface area contributed by atoms with Gasteiger partial charge < -0.3 is 10.2 Å². The minimum absolute atomic E-state index is 0.149. The van der Waals surface area contributed by atoms with Gasteiger partial charge in [0.25, 0.3) is 0 Å². The number of hydrogen-bond donors (Lipinski definition) is 1. The smallest absolute Gasteiger partial charge is 0.223 e. The van der Waals surface area contributed by atoms with Crippen LogP contribution in [-0.2, 0) is 16.1 Å². The Morgan fingerprint density at radius 1 is 1.04 bits per heavy atom. The lowest BCUT2D eigenvalue weighted by Gasteiger charge is -2.22. The number of halogens is 3. The molecule has 0 atom stereocenters. The van der Waals surface area contributed by atoms with Gasteiger partial charge in [0.2, 0.25) is 11.8 Å². The first-order valence-corrected chi connectivity index (χ1v) is 8.75. The molecule has 25 heavy (non-hydrogen) atoms. The van der Waals surface area contributed by atoms with Crippen molar-refractivity contribution in [2.45, 2.75) is 19.9 Å². The quantitative estimate of drug-likeness (QED) is 0.765. The summed E-state index contributed by atoms with van der Waals surface area (Å²) >= 11 is 18.0. The van der Waals surface area contributed by atoms with E-state index in [2.05, 4.69) is 5.32 Å². The Hall–Kier alpha value is -1.75. The monoisotopic (exact) mass is 398 g/mol. The van der Waals surface area contributed by atoms with Crippen molar-refractivity contribution in [3.05, 3.63) is 63.1 Å². The van der Waals surface area contributed by atoms with Gasteiger partial charge in [-0.25, -0.2) is 0 Å². The van der Waals surface area contributed by atoms with Crippen molar-refractivity contribution in [2.75, 3.05) is 11.4 Å². The molecule has 0 unspecified atom stereocenters. The molecular weight excluding hydrogens is 383 g/mol. The molecule has 0 bridgehead atoms. The van der Waals surface area contributed by atoms with E-state index in [-0.39, 0.29) is 24.8 Å². The van der Waals surface area contributed by atoms with Crippen LogP contribution in [0, 0.1) is 0 Å².